The third-order valence-electron chi connectivity index (χ3n) is 2.83. The molecule has 0 unspecified atom stereocenters. The molecular formula is C15H15ClN2O2. The minimum absolute atomic E-state index is 0.323. The number of carbonyl (C=O) groups excluding carboxylic acids is 1. The summed E-state index contributed by atoms with van der Waals surface area (Å²) in [6, 6.07) is 14.6. The molecule has 2 aromatic rings. The van der Waals surface area contributed by atoms with E-state index in [1.165, 1.54) is 0 Å². The summed E-state index contributed by atoms with van der Waals surface area (Å²) in [4.78, 5) is 11.6. The molecule has 20 heavy (non-hydrogen) atoms. The van der Waals surface area contributed by atoms with Gasteiger partial charge in [-0.1, -0.05) is 41.9 Å². The van der Waals surface area contributed by atoms with Crippen LogP contribution in [0.3, 0.4) is 0 Å². The summed E-state index contributed by atoms with van der Waals surface area (Å²) >= 11 is 5.82. The Kier molecular flexibility index (Phi) is 5.12. The van der Waals surface area contributed by atoms with Gasteiger partial charge in [-0.05, 0) is 29.3 Å². The van der Waals surface area contributed by atoms with E-state index in [9.17, 15) is 4.79 Å². The van der Waals surface area contributed by atoms with E-state index in [1.807, 2.05) is 36.4 Å². The van der Waals surface area contributed by atoms with Crippen LogP contribution < -0.4 is 11.3 Å². The highest BCUT2D eigenvalue weighted by molar-refractivity contribution is 6.30. The topological polar surface area (TPSA) is 64.3 Å². The number of hydrazine groups is 1. The van der Waals surface area contributed by atoms with Crippen LogP contribution in [0.25, 0.3) is 0 Å². The Labute approximate surface area is 122 Å². The average molecular weight is 291 g/mol. The second kappa shape index (κ2) is 7.05. The van der Waals surface area contributed by atoms with Crippen molar-refractivity contribution >= 4 is 17.5 Å². The zero-order valence-electron chi connectivity index (χ0n) is 10.8. The van der Waals surface area contributed by atoms with Crippen molar-refractivity contribution in [1.29, 1.82) is 0 Å². The monoisotopic (exact) mass is 290 g/mol. The van der Waals surface area contributed by atoms with Crippen molar-refractivity contribution in [3.05, 3.63) is 70.2 Å². The van der Waals surface area contributed by atoms with Crippen molar-refractivity contribution in [1.82, 2.24) is 5.43 Å². The van der Waals surface area contributed by atoms with Crippen LogP contribution in [0.4, 0.5) is 0 Å². The Hall–Kier alpha value is -1.88. The summed E-state index contributed by atoms with van der Waals surface area (Å²) in [5.74, 6) is 4.83. The molecule has 0 aliphatic heterocycles. The molecule has 1 amide bonds. The molecule has 0 radical (unpaired) electrons. The number of nitrogen functional groups attached to an aromatic ring is 1. The van der Waals surface area contributed by atoms with E-state index in [0.717, 1.165) is 11.1 Å². The molecule has 0 aliphatic carbocycles. The molecule has 0 saturated carbocycles. The van der Waals surface area contributed by atoms with Gasteiger partial charge in [-0.15, -0.1) is 0 Å². The second-order valence-corrected chi connectivity index (χ2v) is 4.69. The highest BCUT2D eigenvalue weighted by Gasteiger charge is 2.09. The van der Waals surface area contributed by atoms with Crippen LogP contribution in [0, 0.1) is 0 Å². The molecule has 5 heteroatoms. The minimum Gasteiger partial charge on any atom is -0.372 e. The average Bonchev–Trinajstić information content (AvgIpc) is 2.49. The molecule has 4 nitrogen and oxygen atoms in total. The van der Waals surface area contributed by atoms with E-state index in [4.69, 9.17) is 22.2 Å². The van der Waals surface area contributed by atoms with Gasteiger partial charge < -0.3 is 4.74 Å². The third-order valence-corrected chi connectivity index (χ3v) is 3.08. The van der Waals surface area contributed by atoms with Crippen molar-refractivity contribution in [2.24, 2.45) is 5.84 Å². The lowest BCUT2D eigenvalue weighted by Gasteiger charge is -2.09. The number of rotatable bonds is 5. The molecule has 104 valence electrons. The largest absolute Gasteiger partial charge is 0.372 e. The molecule has 0 aromatic heterocycles. The summed E-state index contributed by atoms with van der Waals surface area (Å²) in [7, 11) is 0. The highest BCUT2D eigenvalue weighted by Crippen LogP contribution is 2.13. The number of benzene rings is 2. The molecule has 2 aromatic carbocycles. The van der Waals surface area contributed by atoms with Crippen molar-refractivity contribution in [2.75, 3.05) is 0 Å². The number of hydrogen-bond donors (Lipinski definition) is 2. The van der Waals surface area contributed by atoms with Crippen LogP contribution in [0.5, 0.6) is 0 Å². The molecule has 0 spiro atoms. The Morgan fingerprint density at radius 1 is 1.10 bits per heavy atom. The summed E-state index contributed by atoms with van der Waals surface area (Å²) in [6.45, 7) is 0.794. The number of amides is 1. The molecule has 0 atom stereocenters. The number of nitrogens with two attached hydrogens (primary N) is 1. The molecule has 0 bridgehead atoms. The summed E-state index contributed by atoms with van der Waals surface area (Å²) in [6.07, 6.45) is 0. The summed E-state index contributed by atoms with van der Waals surface area (Å²) < 4.78 is 5.62. The van der Waals surface area contributed by atoms with Crippen molar-refractivity contribution in [3.63, 3.8) is 0 Å². The normalized spacial score (nSPS) is 10.3. The standard InChI is InChI=1S/C15H15ClN2O2/c16-13-7-5-11(6-8-13)9-20-10-12-3-1-2-4-14(12)15(19)18-17/h1-8H,9-10,17H2,(H,18,19). The molecule has 0 saturated heterocycles. The number of halogens is 1. The first kappa shape index (κ1) is 14.5. The molecule has 0 aliphatic rings. The maximum atomic E-state index is 11.6. The number of nitrogens with one attached hydrogen (secondary N) is 1. The van der Waals surface area contributed by atoms with Crippen LogP contribution in [-0.4, -0.2) is 5.91 Å². The van der Waals surface area contributed by atoms with Crippen LogP contribution in [-0.2, 0) is 18.0 Å². The van der Waals surface area contributed by atoms with Gasteiger partial charge in [0.15, 0.2) is 0 Å². The quantitative estimate of drug-likeness (QED) is 0.505. The van der Waals surface area contributed by atoms with Crippen molar-refractivity contribution < 1.29 is 9.53 Å². The lowest BCUT2D eigenvalue weighted by atomic mass is 10.1. The zero-order valence-corrected chi connectivity index (χ0v) is 11.6. The van der Waals surface area contributed by atoms with Gasteiger partial charge in [0.25, 0.3) is 5.91 Å². The predicted octanol–water partition coefficient (Wildman–Crippen LogP) is 2.66. The Morgan fingerprint density at radius 3 is 2.50 bits per heavy atom. The zero-order chi connectivity index (χ0) is 14.4. The predicted molar refractivity (Wildman–Crippen MR) is 78.0 cm³/mol. The number of carbonyl (C=O) groups is 1. The van der Waals surface area contributed by atoms with Crippen LogP contribution >= 0.6 is 11.6 Å². The first-order valence-electron chi connectivity index (χ1n) is 6.11. The van der Waals surface area contributed by atoms with Gasteiger partial charge in [-0.3, -0.25) is 10.2 Å². The van der Waals surface area contributed by atoms with Crippen molar-refractivity contribution in [2.45, 2.75) is 13.2 Å². The fourth-order valence-corrected chi connectivity index (χ4v) is 1.93. The molecule has 2 rings (SSSR count). The van der Waals surface area contributed by atoms with E-state index in [1.54, 1.807) is 12.1 Å². The first-order valence-corrected chi connectivity index (χ1v) is 6.49. The SMILES string of the molecule is NNC(=O)c1ccccc1COCc1ccc(Cl)cc1. The first-order chi connectivity index (χ1) is 9.70. The van der Waals surface area contributed by atoms with E-state index in [0.29, 0.717) is 23.8 Å². The molecular weight excluding hydrogens is 276 g/mol. The summed E-state index contributed by atoms with van der Waals surface area (Å²) in [5.41, 5.74) is 4.47. The Bertz CT molecular complexity index is 585. The second-order valence-electron chi connectivity index (χ2n) is 4.25. The van der Waals surface area contributed by atoms with Crippen LogP contribution in [0.2, 0.25) is 5.02 Å². The van der Waals surface area contributed by atoms with Crippen molar-refractivity contribution in [3.8, 4) is 0 Å². The maximum absolute atomic E-state index is 11.6. The van der Waals surface area contributed by atoms with Gasteiger partial charge in [-0.2, -0.15) is 0 Å². The van der Waals surface area contributed by atoms with Crippen LogP contribution in [0.1, 0.15) is 21.5 Å². The fourth-order valence-electron chi connectivity index (χ4n) is 1.80. The molecule has 3 N–H and O–H groups in total. The molecule has 0 heterocycles. The summed E-state index contributed by atoms with van der Waals surface area (Å²) in [5, 5.41) is 0.693. The Balaban J connectivity index is 1.97. The van der Waals surface area contributed by atoms with Gasteiger partial charge in [0, 0.05) is 10.6 Å². The third kappa shape index (κ3) is 3.81. The lowest BCUT2D eigenvalue weighted by molar-refractivity contribution is 0.0927. The number of hydrogen-bond acceptors (Lipinski definition) is 3. The highest BCUT2D eigenvalue weighted by atomic mass is 35.5. The smallest absolute Gasteiger partial charge is 0.265 e. The van der Waals surface area contributed by atoms with E-state index >= 15 is 0 Å². The van der Waals surface area contributed by atoms with E-state index < -0.39 is 0 Å². The van der Waals surface area contributed by atoms with Gasteiger partial charge in [-0.25, -0.2) is 5.84 Å². The van der Waals surface area contributed by atoms with Gasteiger partial charge in [0.05, 0.1) is 13.2 Å². The number of ether oxygens (including phenoxy) is 1. The van der Waals surface area contributed by atoms with Gasteiger partial charge in [0.2, 0.25) is 0 Å². The minimum atomic E-state index is -0.323. The lowest BCUT2D eigenvalue weighted by Crippen LogP contribution is -2.30. The Morgan fingerprint density at radius 2 is 1.80 bits per heavy atom. The van der Waals surface area contributed by atoms with Crippen LogP contribution in [0.15, 0.2) is 48.5 Å². The molecule has 0 fully saturated rings. The van der Waals surface area contributed by atoms with E-state index in [2.05, 4.69) is 5.43 Å². The van der Waals surface area contributed by atoms with Gasteiger partial charge >= 0.3 is 0 Å². The van der Waals surface area contributed by atoms with Gasteiger partial charge in [0.1, 0.15) is 0 Å². The maximum Gasteiger partial charge on any atom is 0.265 e. The van der Waals surface area contributed by atoms with E-state index in [-0.39, 0.29) is 5.91 Å². The fraction of sp³-hybridized carbons (Fsp3) is 0.133.